The lowest BCUT2D eigenvalue weighted by Gasteiger charge is -2.13. The normalized spacial score (nSPS) is 11.3. The number of rotatable bonds is 6. The Bertz CT molecular complexity index is 1020. The van der Waals surface area contributed by atoms with E-state index in [0.29, 0.717) is 28.0 Å². The number of ether oxygens (including phenoxy) is 3. The minimum atomic E-state index is -4.32. The SMILES string of the molecule is COc1cc(COc2ccc(S(=O)(=O)O)c3ccccc23)cc(OC)c1. The molecule has 3 aromatic carbocycles. The first-order valence-electron chi connectivity index (χ1n) is 7.76. The van der Waals surface area contributed by atoms with Crippen LogP contribution >= 0.6 is 0 Å². The van der Waals surface area contributed by atoms with Gasteiger partial charge in [-0.1, -0.05) is 24.3 Å². The van der Waals surface area contributed by atoms with Crippen molar-refractivity contribution in [3.63, 3.8) is 0 Å². The van der Waals surface area contributed by atoms with Crippen molar-refractivity contribution in [3.8, 4) is 17.2 Å². The van der Waals surface area contributed by atoms with Gasteiger partial charge >= 0.3 is 0 Å². The number of benzene rings is 3. The summed E-state index contributed by atoms with van der Waals surface area (Å²) < 4.78 is 48.9. The maximum Gasteiger partial charge on any atom is 0.295 e. The largest absolute Gasteiger partial charge is 0.497 e. The van der Waals surface area contributed by atoms with Crippen molar-refractivity contribution in [1.29, 1.82) is 0 Å². The molecule has 0 saturated carbocycles. The van der Waals surface area contributed by atoms with Crippen molar-refractivity contribution in [2.24, 2.45) is 0 Å². The minimum Gasteiger partial charge on any atom is -0.497 e. The molecule has 0 bridgehead atoms. The highest BCUT2D eigenvalue weighted by Gasteiger charge is 2.16. The van der Waals surface area contributed by atoms with E-state index < -0.39 is 10.1 Å². The van der Waals surface area contributed by atoms with Gasteiger partial charge < -0.3 is 14.2 Å². The van der Waals surface area contributed by atoms with E-state index in [9.17, 15) is 13.0 Å². The molecule has 26 heavy (non-hydrogen) atoms. The summed E-state index contributed by atoms with van der Waals surface area (Å²) in [6.45, 7) is 0.239. The second kappa shape index (κ2) is 7.23. The molecular formula is C19H18O6S. The molecule has 136 valence electrons. The molecule has 0 aliphatic rings. The van der Waals surface area contributed by atoms with Crippen molar-refractivity contribution >= 4 is 20.9 Å². The van der Waals surface area contributed by atoms with Crippen molar-refractivity contribution < 1.29 is 27.2 Å². The van der Waals surface area contributed by atoms with Crippen LogP contribution in [0, 0.1) is 0 Å². The molecule has 0 atom stereocenters. The van der Waals surface area contributed by atoms with Gasteiger partial charge in [0.1, 0.15) is 28.8 Å². The van der Waals surface area contributed by atoms with Gasteiger partial charge in [0.15, 0.2) is 0 Å². The maximum absolute atomic E-state index is 11.6. The number of fused-ring (bicyclic) bond motifs is 1. The molecule has 0 aromatic heterocycles. The molecule has 0 heterocycles. The van der Waals surface area contributed by atoms with Crippen LogP contribution in [-0.2, 0) is 16.7 Å². The predicted molar refractivity (Wildman–Crippen MR) is 97.6 cm³/mol. The van der Waals surface area contributed by atoms with E-state index >= 15 is 0 Å². The van der Waals surface area contributed by atoms with Crippen LogP contribution in [0.4, 0.5) is 0 Å². The van der Waals surface area contributed by atoms with Crippen molar-refractivity contribution in [2.45, 2.75) is 11.5 Å². The zero-order chi connectivity index (χ0) is 18.7. The summed E-state index contributed by atoms with van der Waals surface area (Å²) in [5, 5.41) is 0.994. The number of hydrogen-bond acceptors (Lipinski definition) is 5. The highest BCUT2D eigenvalue weighted by atomic mass is 32.2. The topological polar surface area (TPSA) is 82.1 Å². The summed E-state index contributed by atoms with van der Waals surface area (Å²) in [5.74, 6) is 1.80. The van der Waals surface area contributed by atoms with Crippen molar-refractivity contribution in [2.75, 3.05) is 14.2 Å². The van der Waals surface area contributed by atoms with E-state index in [1.165, 1.54) is 12.1 Å². The average Bonchev–Trinajstić information content (AvgIpc) is 2.64. The van der Waals surface area contributed by atoms with Gasteiger partial charge in [-0.3, -0.25) is 4.55 Å². The van der Waals surface area contributed by atoms with E-state index in [1.54, 1.807) is 44.6 Å². The third-order valence-electron chi connectivity index (χ3n) is 3.93. The van der Waals surface area contributed by atoms with Crippen LogP contribution in [0.25, 0.3) is 10.8 Å². The molecule has 0 aliphatic heterocycles. The van der Waals surface area contributed by atoms with Crippen LogP contribution in [0.1, 0.15) is 5.56 Å². The average molecular weight is 374 g/mol. The van der Waals surface area contributed by atoms with Gasteiger partial charge in [-0.05, 0) is 29.8 Å². The predicted octanol–water partition coefficient (Wildman–Crippen LogP) is 3.68. The smallest absolute Gasteiger partial charge is 0.295 e. The second-order valence-corrected chi connectivity index (χ2v) is 6.98. The Morgan fingerprint density at radius 2 is 1.50 bits per heavy atom. The monoisotopic (exact) mass is 374 g/mol. The van der Waals surface area contributed by atoms with E-state index in [0.717, 1.165) is 5.56 Å². The quantitative estimate of drug-likeness (QED) is 0.663. The van der Waals surface area contributed by atoms with Gasteiger partial charge in [0, 0.05) is 16.8 Å². The van der Waals surface area contributed by atoms with Gasteiger partial charge in [0.05, 0.1) is 14.2 Å². The fourth-order valence-corrected chi connectivity index (χ4v) is 3.40. The Balaban J connectivity index is 1.96. The van der Waals surface area contributed by atoms with E-state index in [2.05, 4.69) is 0 Å². The molecule has 0 spiro atoms. The maximum atomic E-state index is 11.6. The summed E-state index contributed by atoms with van der Waals surface area (Å²) in [5.41, 5.74) is 0.837. The van der Waals surface area contributed by atoms with E-state index in [1.807, 2.05) is 12.1 Å². The minimum absolute atomic E-state index is 0.150. The summed E-state index contributed by atoms with van der Waals surface area (Å²) in [7, 11) is -1.18. The summed E-state index contributed by atoms with van der Waals surface area (Å²) in [6, 6.07) is 15.1. The fraction of sp³-hybridized carbons (Fsp3) is 0.158. The van der Waals surface area contributed by atoms with Gasteiger partial charge in [-0.25, -0.2) is 0 Å². The molecule has 7 heteroatoms. The van der Waals surface area contributed by atoms with Crippen LogP contribution in [0.5, 0.6) is 17.2 Å². The summed E-state index contributed by atoms with van der Waals surface area (Å²) >= 11 is 0. The van der Waals surface area contributed by atoms with Gasteiger partial charge in [-0.15, -0.1) is 0 Å². The molecule has 0 fully saturated rings. The van der Waals surface area contributed by atoms with Crippen LogP contribution in [0.15, 0.2) is 59.5 Å². The molecule has 3 aromatic rings. The highest BCUT2D eigenvalue weighted by Crippen LogP contribution is 2.32. The van der Waals surface area contributed by atoms with Crippen LogP contribution in [0.2, 0.25) is 0 Å². The van der Waals surface area contributed by atoms with Gasteiger partial charge in [0.25, 0.3) is 10.1 Å². The van der Waals surface area contributed by atoms with E-state index in [-0.39, 0.29) is 11.5 Å². The fourth-order valence-electron chi connectivity index (χ4n) is 2.71. The molecule has 6 nitrogen and oxygen atoms in total. The van der Waals surface area contributed by atoms with Crippen LogP contribution < -0.4 is 14.2 Å². The lowest BCUT2D eigenvalue weighted by atomic mass is 10.1. The molecule has 3 rings (SSSR count). The van der Waals surface area contributed by atoms with Gasteiger partial charge in [0.2, 0.25) is 0 Å². The molecule has 0 radical (unpaired) electrons. The van der Waals surface area contributed by atoms with E-state index in [4.69, 9.17) is 14.2 Å². The zero-order valence-corrected chi connectivity index (χ0v) is 15.1. The Morgan fingerprint density at radius 3 is 2.08 bits per heavy atom. The van der Waals surface area contributed by atoms with Crippen LogP contribution in [-0.4, -0.2) is 27.2 Å². The van der Waals surface area contributed by atoms with Crippen molar-refractivity contribution in [1.82, 2.24) is 0 Å². The lowest BCUT2D eigenvalue weighted by Crippen LogP contribution is -2.01. The summed E-state index contributed by atoms with van der Waals surface area (Å²) in [4.78, 5) is -0.150. The highest BCUT2D eigenvalue weighted by molar-refractivity contribution is 7.86. The number of methoxy groups -OCH3 is 2. The molecule has 0 saturated heterocycles. The van der Waals surface area contributed by atoms with Gasteiger partial charge in [-0.2, -0.15) is 8.42 Å². The second-order valence-electron chi connectivity index (χ2n) is 5.59. The Morgan fingerprint density at radius 1 is 0.885 bits per heavy atom. The third kappa shape index (κ3) is 3.74. The first kappa shape index (κ1) is 18.0. The first-order valence-corrected chi connectivity index (χ1v) is 9.20. The van der Waals surface area contributed by atoms with Crippen molar-refractivity contribution in [3.05, 3.63) is 60.2 Å². The molecule has 0 unspecified atom stereocenters. The first-order chi connectivity index (χ1) is 12.4. The Kier molecular flexibility index (Phi) is 5.01. The summed E-state index contributed by atoms with van der Waals surface area (Å²) in [6.07, 6.45) is 0. The lowest BCUT2D eigenvalue weighted by molar-refractivity contribution is 0.307. The molecule has 0 aliphatic carbocycles. The molecule has 0 amide bonds. The zero-order valence-electron chi connectivity index (χ0n) is 14.3. The molecular weight excluding hydrogens is 356 g/mol. The Labute approximate surface area is 151 Å². The molecule has 1 N–H and O–H groups in total. The standard InChI is InChI=1S/C19H18O6S/c1-23-14-9-13(10-15(11-14)24-2)12-25-18-7-8-19(26(20,21)22)17-6-4-3-5-16(17)18/h3-11H,12H2,1-2H3,(H,20,21,22). The third-order valence-corrected chi connectivity index (χ3v) is 4.84. The van der Waals surface area contributed by atoms with Crippen LogP contribution in [0.3, 0.4) is 0 Å². The number of hydrogen-bond donors (Lipinski definition) is 1. The Hall–Kier alpha value is -2.77.